The molecular weight excluding hydrogens is 317 g/mol. The number of hydrogen-bond donors (Lipinski definition) is 2. The molecule has 0 aliphatic heterocycles. The number of carbonyl (C=O) groups excluding carboxylic acids is 1. The minimum Gasteiger partial charge on any atom is -0.393 e. The molecule has 0 fully saturated rings. The SMILES string of the molecule is Nc1cc(C(=O)Nc2ccc(Cl)cc2Cl)ccc1[N+](=O)[O-]. The second kappa shape index (κ2) is 5.99. The molecule has 0 saturated heterocycles. The molecule has 0 aromatic heterocycles. The van der Waals surface area contributed by atoms with Gasteiger partial charge in [0, 0.05) is 16.7 Å². The molecule has 2 rings (SSSR count). The second-order valence-corrected chi connectivity index (χ2v) is 4.95. The van der Waals surface area contributed by atoms with Crippen LogP contribution in [0, 0.1) is 10.1 Å². The van der Waals surface area contributed by atoms with E-state index >= 15 is 0 Å². The van der Waals surface area contributed by atoms with Crippen molar-refractivity contribution in [3.8, 4) is 0 Å². The van der Waals surface area contributed by atoms with Crippen molar-refractivity contribution in [2.75, 3.05) is 11.1 Å². The van der Waals surface area contributed by atoms with Crippen molar-refractivity contribution in [3.05, 3.63) is 62.1 Å². The van der Waals surface area contributed by atoms with Crippen LogP contribution < -0.4 is 11.1 Å². The van der Waals surface area contributed by atoms with Gasteiger partial charge in [-0.1, -0.05) is 23.2 Å². The molecule has 0 aliphatic carbocycles. The van der Waals surface area contributed by atoms with Gasteiger partial charge in [0.2, 0.25) is 0 Å². The molecule has 1 amide bonds. The molecule has 0 spiro atoms. The Hall–Kier alpha value is -2.31. The van der Waals surface area contributed by atoms with E-state index in [1.54, 1.807) is 12.1 Å². The van der Waals surface area contributed by atoms with Gasteiger partial charge in [0.25, 0.3) is 11.6 Å². The van der Waals surface area contributed by atoms with Gasteiger partial charge in [-0.25, -0.2) is 0 Å². The van der Waals surface area contributed by atoms with Crippen molar-refractivity contribution in [3.63, 3.8) is 0 Å². The van der Waals surface area contributed by atoms with Crippen LogP contribution in [0.25, 0.3) is 0 Å². The fourth-order valence-electron chi connectivity index (χ4n) is 1.65. The number of benzene rings is 2. The van der Waals surface area contributed by atoms with Gasteiger partial charge in [-0.3, -0.25) is 14.9 Å². The van der Waals surface area contributed by atoms with Gasteiger partial charge in [-0.2, -0.15) is 0 Å². The maximum absolute atomic E-state index is 12.1. The Balaban J connectivity index is 2.24. The molecule has 8 heteroatoms. The number of nitrogens with one attached hydrogen (secondary N) is 1. The maximum atomic E-state index is 12.1. The Morgan fingerprint density at radius 1 is 1.19 bits per heavy atom. The molecule has 0 bridgehead atoms. The minimum atomic E-state index is -0.618. The summed E-state index contributed by atoms with van der Waals surface area (Å²) in [6, 6.07) is 8.34. The van der Waals surface area contributed by atoms with E-state index in [-0.39, 0.29) is 22.0 Å². The van der Waals surface area contributed by atoms with Crippen LogP contribution in [0.15, 0.2) is 36.4 Å². The summed E-state index contributed by atoms with van der Waals surface area (Å²) >= 11 is 11.7. The minimum absolute atomic E-state index is 0.0881. The third kappa shape index (κ3) is 3.42. The van der Waals surface area contributed by atoms with E-state index in [4.69, 9.17) is 28.9 Å². The topological polar surface area (TPSA) is 98.3 Å². The number of nitro benzene ring substituents is 1. The first-order chi connectivity index (χ1) is 9.88. The fourth-order valence-corrected chi connectivity index (χ4v) is 2.10. The van der Waals surface area contributed by atoms with E-state index in [1.807, 2.05) is 0 Å². The lowest BCUT2D eigenvalue weighted by atomic mass is 10.1. The summed E-state index contributed by atoms with van der Waals surface area (Å²) in [5.74, 6) is -0.485. The lowest BCUT2D eigenvalue weighted by Gasteiger charge is -2.08. The van der Waals surface area contributed by atoms with Gasteiger partial charge in [0.1, 0.15) is 5.69 Å². The molecule has 108 valence electrons. The van der Waals surface area contributed by atoms with Crippen LogP contribution in [0.4, 0.5) is 17.1 Å². The molecule has 2 aromatic rings. The van der Waals surface area contributed by atoms with Crippen molar-refractivity contribution in [2.45, 2.75) is 0 Å². The van der Waals surface area contributed by atoms with E-state index in [0.29, 0.717) is 10.7 Å². The zero-order chi connectivity index (χ0) is 15.6. The van der Waals surface area contributed by atoms with Crippen LogP contribution in [0.5, 0.6) is 0 Å². The summed E-state index contributed by atoms with van der Waals surface area (Å²) in [6.45, 7) is 0. The van der Waals surface area contributed by atoms with E-state index in [9.17, 15) is 14.9 Å². The number of halogens is 2. The Morgan fingerprint density at radius 3 is 2.48 bits per heavy atom. The largest absolute Gasteiger partial charge is 0.393 e. The highest BCUT2D eigenvalue weighted by atomic mass is 35.5. The molecule has 0 aliphatic rings. The Bertz CT molecular complexity index is 735. The van der Waals surface area contributed by atoms with Gasteiger partial charge in [-0.05, 0) is 30.3 Å². The smallest absolute Gasteiger partial charge is 0.292 e. The standard InChI is InChI=1S/C13H9Cl2N3O3/c14-8-2-3-11(9(15)6-8)17-13(19)7-1-4-12(18(20)21)10(16)5-7/h1-6H,16H2,(H,17,19). The average molecular weight is 326 g/mol. The highest BCUT2D eigenvalue weighted by Crippen LogP contribution is 2.27. The molecule has 2 aromatic carbocycles. The van der Waals surface area contributed by atoms with Crippen LogP contribution in [0.3, 0.4) is 0 Å². The Kier molecular flexibility index (Phi) is 4.30. The van der Waals surface area contributed by atoms with Crippen LogP contribution in [0.2, 0.25) is 10.0 Å². The lowest BCUT2D eigenvalue weighted by molar-refractivity contribution is -0.383. The van der Waals surface area contributed by atoms with Gasteiger partial charge < -0.3 is 11.1 Å². The van der Waals surface area contributed by atoms with Crippen molar-refractivity contribution >= 4 is 46.2 Å². The van der Waals surface area contributed by atoms with Crippen LogP contribution >= 0.6 is 23.2 Å². The molecule has 0 saturated carbocycles. The lowest BCUT2D eigenvalue weighted by Crippen LogP contribution is -2.12. The molecule has 0 heterocycles. The first kappa shape index (κ1) is 15.1. The highest BCUT2D eigenvalue weighted by Gasteiger charge is 2.15. The van der Waals surface area contributed by atoms with Crippen LogP contribution in [-0.2, 0) is 0 Å². The predicted octanol–water partition coefficient (Wildman–Crippen LogP) is 3.74. The number of amides is 1. The number of nitrogen functional groups attached to an aromatic ring is 1. The quantitative estimate of drug-likeness (QED) is 0.510. The van der Waals surface area contributed by atoms with E-state index < -0.39 is 10.8 Å². The Labute approximate surface area is 129 Å². The summed E-state index contributed by atoms with van der Waals surface area (Å²) in [4.78, 5) is 22.1. The molecule has 0 radical (unpaired) electrons. The van der Waals surface area contributed by atoms with Gasteiger partial charge in [0.05, 0.1) is 15.6 Å². The molecule has 3 N–H and O–H groups in total. The number of nitrogens with zero attached hydrogens (tertiary/aromatic N) is 1. The van der Waals surface area contributed by atoms with Crippen molar-refractivity contribution < 1.29 is 9.72 Å². The van der Waals surface area contributed by atoms with Gasteiger partial charge >= 0.3 is 0 Å². The number of nitro groups is 1. The van der Waals surface area contributed by atoms with Crippen LogP contribution in [-0.4, -0.2) is 10.8 Å². The molecule has 0 atom stereocenters. The summed E-state index contributed by atoms with van der Waals surface area (Å²) in [6.07, 6.45) is 0. The van der Waals surface area contributed by atoms with Gasteiger partial charge in [0.15, 0.2) is 0 Å². The summed E-state index contributed by atoms with van der Waals surface area (Å²) in [5, 5.41) is 14.0. The first-order valence-electron chi connectivity index (χ1n) is 5.69. The maximum Gasteiger partial charge on any atom is 0.292 e. The molecule has 6 nitrogen and oxygen atoms in total. The summed E-state index contributed by atoms with van der Waals surface area (Å²) in [7, 11) is 0. The third-order valence-corrected chi connectivity index (χ3v) is 3.21. The van der Waals surface area contributed by atoms with E-state index in [2.05, 4.69) is 5.32 Å². The number of nitrogens with two attached hydrogens (primary N) is 1. The van der Waals surface area contributed by atoms with Crippen LogP contribution in [0.1, 0.15) is 10.4 Å². The number of carbonyl (C=O) groups is 1. The fraction of sp³-hybridized carbons (Fsp3) is 0. The second-order valence-electron chi connectivity index (χ2n) is 4.11. The highest BCUT2D eigenvalue weighted by molar-refractivity contribution is 6.36. The van der Waals surface area contributed by atoms with Crippen molar-refractivity contribution in [1.82, 2.24) is 0 Å². The van der Waals surface area contributed by atoms with E-state index in [0.717, 1.165) is 0 Å². The Morgan fingerprint density at radius 2 is 1.90 bits per heavy atom. The molecular formula is C13H9Cl2N3O3. The zero-order valence-corrected chi connectivity index (χ0v) is 12.0. The average Bonchev–Trinajstić information content (AvgIpc) is 2.41. The molecule has 21 heavy (non-hydrogen) atoms. The van der Waals surface area contributed by atoms with E-state index in [1.165, 1.54) is 24.3 Å². The number of anilines is 2. The summed E-state index contributed by atoms with van der Waals surface area (Å²) in [5.41, 5.74) is 5.76. The third-order valence-electron chi connectivity index (χ3n) is 2.67. The predicted molar refractivity (Wildman–Crippen MR) is 81.9 cm³/mol. The zero-order valence-electron chi connectivity index (χ0n) is 10.5. The summed E-state index contributed by atoms with van der Waals surface area (Å²) < 4.78 is 0. The van der Waals surface area contributed by atoms with Gasteiger partial charge in [-0.15, -0.1) is 0 Å². The normalized spacial score (nSPS) is 10.2. The monoisotopic (exact) mass is 325 g/mol. The van der Waals surface area contributed by atoms with Crippen molar-refractivity contribution in [2.24, 2.45) is 0 Å². The first-order valence-corrected chi connectivity index (χ1v) is 6.44. The number of rotatable bonds is 3. The molecule has 0 unspecified atom stereocenters. The number of hydrogen-bond acceptors (Lipinski definition) is 4. The van der Waals surface area contributed by atoms with Crippen molar-refractivity contribution in [1.29, 1.82) is 0 Å².